The second-order valence-corrected chi connectivity index (χ2v) is 9.07. The maximum Gasteiger partial charge on any atom is 0.286 e. The second kappa shape index (κ2) is 9.68. The van der Waals surface area contributed by atoms with E-state index in [0.29, 0.717) is 41.6 Å². The van der Waals surface area contributed by atoms with Crippen molar-refractivity contribution in [2.75, 3.05) is 25.8 Å². The Labute approximate surface area is 200 Å². The van der Waals surface area contributed by atoms with Crippen LogP contribution < -0.4 is 19.5 Å². The number of carbonyl (C=O) groups excluding carboxylic acids is 2. The van der Waals surface area contributed by atoms with Gasteiger partial charge >= 0.3 is 0 Å². The highest BCUT2D eigenvalue weighted by molar-refractivity contribution is 7.13. The highest BCUT2D eigenvalue weighted by atomic mass is 32.1. The lowest BCUT2D eigenvalue weighted by Crippen LogP contribution is -2.30. The fraction of sp³-hybridized carbons (Fsp3) is 0.333. The Hall–Kier alpha value is -3.66. The summed E-state index contributed by atoms with van der Waals surface area (Å²) >= 11 is 1.22. The number of hydrogen-bond acceptors (Lipinski definition) is 8. The monoisotopic (exact) mass is 480 g/mol. The summed E-state index contributed by atoms with van der Waals surface area (Å²) in [5, 5.41) is 12.1. The number of methoxy groups -OCH3 is 1. The summed E-state index contributed by atoms with van der Waals surface area (Å²) in [7, 11) is 1.63. The predicted octanol–water partition coefficient (Wildman–Crippen LogP) is 3.82. The molecule has 2 aliphatic rings. The lowest BCUT2D eigenvalue weighted by Gasteiger charge is -2.22. The van der Waals surface area contributed by atoms with Crippen molar-refractivity contribution in [3.63, 3.8) is 0 Å². The highest BCUT2D eigenvalue weighted by Gasteiger charge is 2.33. The van der Waals surface area contributed by atoms with Crippen molar-refractivity contribution in [2.45, 2.75) is 31.7 Å². The van der Waals surface area contributed by atoms with Crippen molar-refractivity contribution in [3.05, 3.63) is 58.0 Å². The van der Waals surface area contributed by atoms with E-state index in [4.69, 9.17) is 14.2 Å². The number of nitrogens with zero attached hydrogens (tertiary/aromatic N) is 3. The quantitative estimate of drug-likeness (QED) is 0.548. The molecule has 0 bridgehead atoms. The molecular weight excluding hydrogens is 456 g/mol. The Bertz CT molecular complexity index is 1200. The first-order valence-electron chi connectivity index (χ1n) is 11.1. The maximum absolute atomic E-state index is 13.0. The summed E-state index contributed by atoms with van der Waals surface area (Å²) in [6, 6.07) is 12.8. The van der Waals surface area contributed by atoms with E-state index in [1.165, 1.54) is 11.3 Å². The Morgan fingerprint density at radius 3 is 2.79 bits per heavy atom. The minimum Gasteiger partial charge on any atom is -0.497 e. The molecule has 1 aromatic heterocycles. The lowest BCUT2D eigenvalue weighted by atomic mass is 10.1. The molecule has 3 aromatic rings. The number of aromatic nitrogens is 2. The zero-order valence-corrected chi connectivity index (χ0v) is 19.5. The third-order valence-electron chi connectivity index (χ3n) is 5.91. The molecule has 1 N–H and O–H groups in total. The number of fused-ring (bicyclic) bond motifs is 1. The molecule has 0 saturated carbocycles. The van der Waals surface area contributed by atoms with E-state index < -0.39 is 0 Å². The normalized spacial score (nSPS) is 16.5. The minimum atomic E-state index is -0.349. The predicted molar refractivity (Wildman–Crippen MR) is 125 cm³/mol. The summed E-state index contributed by atoms with van der Waals surface area (Å²) in [5.41, 5.74) is 1.67. The number of amides is 2. The summed E-state index contributed by atoms with van der Waals surface area (Å²) in [4.78, 5) is 27.5. The number of benzene rings is 2. The first-order chi connectivity index (χ1) is 16.6. The first-order valence-corrected chi connectivity index (χ1v) is 11.9. The largest absolute Gasteiger partial charge is 0.497 e. The van der Waals surface area contributed by atoms with Crippen LogP contribution in [0.4, 0.5) is 5.69 Å². The fourth-order valence-electron chi connectivity index (χ4n) is 4.13. The molecule has 1 fully saturated rings. The van der Waals surface area contributed by atoms with Crippen molar-refractivity contribution < 1.29 is 23.8 Å². The SMILES string of the molecule is COc1ccc(CCC(=O)N2CCCC2c2nnc(C(=O)Nc3ccc4c(c3)OCO4)s2)cc1. The number of hydrogen-bond donors (Lipinski definition) is 1. The average molecular weight is 481 g/mol. The number of nitrogens with one attached hydrogen (secondary N) is 1. The van der Waals surface area contributed by atoms with Crippen molar-refractivity contribution in [1.29, 1.82) is 0 Å². The topological polar surface area (TPSA) is 103 Å². The van der Waals surface area contributed by atoms with E-state index in [9.17, 15) is 9.59 Å². The number of ether oxygens (including phenoxy) is 3. The van der Waals surface area contributed by atoms with E-state index in [0.717, 1.165) is 24.2 Å². The number of carbonyl (C=O) groups is 2. The summed E-state index contributed by atoms with van der Waals surface area (Å²) in [6.07, 6.45) is 2.79. The van der Waals surface area contributed by atoms with Crippen LogP contribution in [-0.2, 0) is 11.2 Å². The molecule has 1 saturated heterocycles. The Balaban J connectivity index is 1.20. The Kier molecular flexibility index (Phi) is 6.31. The second-order valence-electron chi connectivity index (χ2n) is 8.06. The summed E-state index contributed by atoms with van der Waals surface area (Å²) in [6.45, 7) is 0.855. The molecule has 2 amide bonds. The van der Waals surface area contributed by atoms with Crippen LogP contribution in [0.25, 0.3) is 0 Å². The standard InChI is InChI=1S/C24H24N4O5S/c1-31-17-8-4-15(5-9-17)6-11-21(29)28-12-2-3-18(28)23-26-27-24(34-23)22(30)25-16-7-10-19-20(13-16)33-14-32-19/h4-5,7-10,13,18H,2-3,6,11-12,14H2,1H3,(H,25,30). The third-order valence-corrected chi connectivity index (χ3v) is 6.93. The fourth-order valence-corrected chi connectivity index (χ4v) is 5.02. The van der Waals surface area contributed by atoms with E-state index in [-0.39, 0.29) is 29.7 Å². The van der Waals surface area contributed by atoms with Gasteiger partial charge in [-0.2, -0.15) is 0 Å². The van der Waals surface area contributed by atoms with Crippen LogP contribution in [0.5, 0.6) is 17.2 Å². The van der Waals surface area contributed by atoms with Crippen LogP contribution in [0.2, 0.25) is 0 Å². The van der Waals surface area contributed by atoms with Gasteiger partial charge in [-0.25, -0.2) is 0 Å². The lowest BCUT2D eigenvalue weighted by molar-refractivity contribution is -0.132. The van der Waals surface area contributed by atoms with Gasteiger partial charge in [0.05, 0.1) is 13.2 Å². The molecule has 0 aliphatic carbocycles. The van der Waals surface area contributed by atoms with Crippen LogP contribution in [0, 0.1) is 0 Å². The molecule has 0 spiro atoms. The van der Waals surface area contributed by atoms with Gasteiger partial charge in [-0.1, -0.05) is 23.5 Å². The van der Waals surface area contributed by atoms with Crippen LogP contribution >= 0.6 is 11.3 Å². The van der Waals surface area contributed by atoms with Crippen molar-refractivity contribution in [1.82, 2.24) is 15.1 Å². The zero-order valence-electron chi connectivity index (χ0n) is 18.7. The van der Waals surface area contributed by atoms with Crippen LogP contribution in [0.3, 0.4) is 0 Å². The molecule has 1 atom stereocenters. The molecule has 0 radical (unpaired) electrons. The summed E-state index contributed by atoms with van der Waals surface area (Å²) in [5.74, 6) is 1.77. The number of aryl methyl sites for hydroxylation is 1. The molecule has 176 valence electrons. The van der Waals surface area contributed by atoms with Gasteiger partial charge in [0, 0.05) is 24.7 Å². The van der Waals surface area contributed by atoms with Gasteiger partial charge in [0.25, 0.3) is 5.91 Å². The minimum absolute atomic E-state index is 0.0832. The van der Waals surface area contributed by atoms with Crippen LogP contribution in [-0.4, -0.2) is 47.4 Å². The average Bonchev–Trinajstić information content (AvgIpc) is 3.62. The van der Waals surface area contributed by atoms with Gasteiger partial charge in [0.15, 0.2) is 11.5 Å². The van der Waals surface area contributed by atoms with E-state index in [1.54, 1.807) is 25.3 Å². The van der Waals surface area contributed by atoms with Gasteiger partial charge in [0.1, 0.15) is 10.8 Å². The summed E-state index contributed by atoms with van der Waals surface area (Å²) < 4.78 is 15.8. The van der Waals surface area contributed by atoms with Crippen molar-refractivity contribution in [2.24, 2.45) is 0 Å². The molecule has 2 aromatic carbocycles. The van der Waals surface area contributed by atoms with Gasteiger partial charge in [-0.05, 0) is 49.1 Å². The molecular formula is C24H24N4O5S. The molecule has 34 heavy (non-hydrogen) atoms. The van der Waals surface area contributed by atoms with Crippen molar-refractivity contribution >= 4 is 28.8 Å². The van der Waals surface area contributed by atoms with E-state index in [1.807, 2.05) is 29.2 Å². The molecule has 5 rings (SSSR count). The number of rotatable bonds is 7. The number of likely N-dealkylation sites (tertiary alicyclic amines) is 1. The first kappa shape index (κ1) is 22.1. The van der Waals surface area contributed by atoms with Gasteiger partial charge in [-0.3, -0.25) is 9.59 Å². The molecule has 9 nitrogen and oxygen atoms in total. The molecule has 10 heteroatoms. The van der Waals surface area contributed by atoms with Crippen molar-refractivity contribution in [3.8, 4) is 17.2 Å². The van der Waals surface area contributed by atoms with Crippen LogP contribution in [0.1, 0.15) is 45.7 Å². The highest BCUT2D eigenvalue weighted by Crippen LogP contribution is 2.36. The third kappa shape index (κ3) is 4.67. The molecule has 2 aliphatic heterocycles. The van der Waals surface area contributed by atoms with Gasteiger partial charge in [0.2, 0.25) is 17.7 Å². The van der Waals surface area contributed by atoms with E-state index >= 15 is 0 Å². The molecule has 1 unspecified atom stereocenters. The van der Waals surface area contributed by atoms with Gasteiger partial charge < -0.3 is 24.4 Å². The number of anilines is 1. The maximum atomic E-state index is 13.0. The Morgan fingerprint density at radius 1 is 1.15 bits per heavy atom. The van der Waals surface area contributed by atoms with Crippen LogP contribution in [0.15, 0.2) is 42.5 Å². The van der Waals surface area contributed by atoms with Gasteiger partial charge in [-0.15, -0.1) is 10.2 Å². The Morgan fingerprint density at radius 2 is 1.97 bits per heavy atom. The van der Waals surface area contributed by atoms with E-state index in [2.05, 4.69) is 15.5 Å². The zero-order chi connectivity index (χ0) is 23.5. The smallest absolute Gasteiger partial charge is 0.286 e. The molecule has 3 heterocycles.